The fraction of sp³-hybridized carbons (Fsp3) is 0.852. The van der Waals surface area contributed by atoms with Crippen molar-refractivity contribution in [3.8, 4) is 0 Å². The van der Waals surface area contributed by atoms with Crippen LogP contribution >= 0.6 is 0 Å². The van der Waals surface area contributed by atoms with Crippen LogP contribution < -0.4 is 5.32 Å². The highest BCUT2D eigenvalue weighted by Gasteiger charge is 2.54. The van der Waals surface area contributed by atoms with E-state index in [0.717, 1.165) is 77.0 Å². The van der Waals surface area contributed by atoms with E-state index in [1.165, 1.54) is 244 Å². The number of carbonyl (C=O) groups excluding carboxylic acids is 1. The third-order valence-corrected chi connectivity index (χ3v) is 21.5. The van der Waals surface area contributed by atoms with Crippen LogP contribution in [0.5, 0.6) is 0 Å². The molecule has 624 valence electrons. The standard InChI is InChI=1S/C88H159NO18/c1-3-5-7-9-11-13-15-17-19-21-23-25-27-29-31-33-35-37-39-41-43-45-47-49-51-53-55-57-59-61-63-65-72(93)71(89-76(94)66-64-62-60-58-56-54-52-50-48-46-44-42-40-38-36-34-32-30-28-26-24-22-20-18-16-14-12-10-8-6-4-2)70-102-86-82(100)79(97)84(74(68-91)104-86)107-88-83(101)80(98)85(75(69-92)105-88)106-87-81(99)78(96)77(95)73(67-90)103-87/h6,8,12,14,18,20,24,26,30,32,63,65,71-75,77-88,90-93,95-101H,3-5,7,9-11,13,15-17,19,21-23,25,27-29,31,33-62,64,66-70H2,1-2H3,(H,89,94)/b8-6-,14-12-,20-18-,26-24-,32-30-,65-63+. The van der Waals surface area contributed by atoms with Gasteiger partial charge < -0.3 is 89.9 Å². The largest absolute Gasteiger partial charge is 0.394 e. The van der Waals surface area contributed by atoms with E-state index in [9.17, 15) is 61.0 Å². The number of nitrogens with one attached hydrogen (secondary N) is 1. The topological polar surface area (TPSA) is 307 Å². The molecule has 3 aliphatic heterocycles. The van der Waals surface area contributed by atoms with Gasteiger partial charge in [0.1, 0.15) is 73.2 Å². The van der Waals surface area contributed by atoms with Crippen LogP contribution in [0.2, 0.25) is 0 Å². The summed E-state index contributed by atoms with van der Waals surface area (Å²) in [6, 6.07) is -0.978. The van der Waals surface area contributed by atoms with Crippen molar-refractivity contribution in [1.82, 2.24) is 5.32 Å². The molecule has 3 saturated heterocycles. The van der Waals surface area contributed by atoms with E-state index in [-0.39, 0.29) is 18.9 Å². The van der Waals surface area contributed by atoms with Gasteiger partial charge in [-0.3, -0.25) is 4.79 Å². The molecule has 0 saturated carbocycles. The molecule has 3 rings (SSSR count). The van der Waals surface area contributed by atoms with Crippen molar-refractivity contribution >= 4 is 5.91 Å². The van der Waals surface area contributed by atoms with Crippen LogP contribution in [0, 0.1) is 0 Å². The van der Waals surface area contributed by atoms with E-state index in [0.29, 0.717) is 6.42 Å². The van der Waals surface area contributed by atoms with Gasteiger partial charge in [0.2, 0.25) is 5.91 Å². The van der Waals surface area contributed by atoms with Gasteiger partial charge >= 0.3 is 0 Å². The Morgan fingerprint density at radius 1 is 0.346 bits per heavy atom. The lowest BCUT2D eigenvalue weighted by Gasteiger charge is -2.48. The molecule has 0 spiro atoms. The van der Waals surface area contributed by atoms with Gasteiger partial charge in [-0.05, 0) is 64.2 Å². The molecule has 0 radical (unpaired) electrons. The molecule has 17 unspecified atom stereocenters. The summed E-state index contributed by atoms with van der Waals surface area (Å²) in [6.45, 7) is 1.67. The zero-order valence-corrected chi connectivity index (χ0v) is 67.1. The Kier molecular flexibility index (Phi) is 62.3. The summed E-state index contributed by atoms with van der Waals surface area (Å²) in [5.41, 5.74) is 0. The van der Waals surface area contributed by atoms with E-state index in [2.05, 4.69) is 79.9 Å². The van der Waals surface area contributed by atoms with E-state index in [1.807, 2.05) is 6.08 Å². The van der Waals surface area contributed by atoms with Crippen molar-refractivity contribution in [3.63, 3.8) is 0 Å². The van der Waals surface area contributed by atoms with Gasteiger partial charge in [0.25, 0.3) is 0 Å². The number of aliphatic hydroxyl groups is 11. The van der Waals surface area contributed by atoms with Crippen LogP contribution in [0.15, 0.2) is 72.9 Å². The van der Waals surface area contributed by atoms with Crippen LogP contribution in [0.25, 0.3) is 0 Å². The van der Waals surface area contributed by atoms with Crippen LogP contribution in [-0.2, 0) is 33.2 Å². The molecule has 17 atom stereocenters. The monoisotopic (exact) mass is 1520 g/mol. The third kappa shape index (κ3) is 46.9. The fourth-order valence-electron chi connectivity index (χ4n) is 14.6. The molecule has 0 aromatic rings. The fourth-order valence-corrected chi connectivity index (χ4v) is 14.6. The van der Waals surface area contributed by atoms with Crippen LogP contribution in [0.1, 0.15) is 348 Å². The first-order chi connectivity index (χ1) is 52.3. The second-order valence-corrected chi connectivity index (χ2v) is 31.0. The van der Waals surface area contributed by atoms with E-state index in [1.54, 1.807) is 6.08 Å². The van der Waals surface area contributed by atoms with Gasteiger partial charge in [-0.15, -0.1) is 0 Å². The number of carbonyl (C=O) groups is 1. The minimum atomic E-state index is -1.98. The molecule has 107 heavy (non-hydrogen) atoms. The maximum Gasteiger partial charge on any atom is 0.220 e. The Balaban J connectivity index is 1.35. The lowest BCUT2D eigenvalue weighted by atomic mass is 9.96. The first-order valence-electron chi connectivity index (χ1n) is 43.7. The molecule has 19 heteroatoms. The summed E-state index contributed by atoms with van der Waals surface area (Å²) in [5, 5.41) is 121. The molecule has 0 aromatic carbocycles. The Morgan fingerprint density at radius 3 is 1.01 bits per heavy atom. The molecule has 3 fully saturated rings. The van der Waals surface area contributed by atoms with Crippen molar-refractivity contribution in [2.75, 3.05) is 26.4 Å². The SMILES string of the molecule is CC/C=C\C/C=C\C/C=C\C/C=C\C/C=C\CCCCCCCCCCCCCCCCCC(=O)NC(COC1OC(CO)C(OC2OC(CO)C(OC3OC(CO)C(O)C(O)C3O)C(O)C2O)C(O)C1O)C(O)/C=C/CCCCCCCCCCCCCCCCCCCCCCCCCCCCCCC. The summed E-state index contributed by atoms with van der Waals surface area (Å²) >= 11 is 0. The highest BCUT2D eigenvalue weighted by molar-refractivity contribution is 5.76. The first-order valence-corrected chi connectivity index (χ1v) is 43.7. The van der Waals surface area contributed by atoms with Crippen LogP contribution in [0.4, 0.5) is 0 Å². The van der Waals surface area contributed by atoms with Crippen molar-refractivity contribution < 1.29 is 89.4 Å². The minimum absolute atomic E-state index is 0.241. The predicted octanol–water partition coefficient (Wildman–Crippen LogP) is 16.0. The smallest absolute Gasteiger partial charge is 0.220 e. The number of amides is 1. The molecule has 3 heterocycles. The average molecular weight is 1520 g/mol. The Morgan fingerprint density at radius 2 is 0.645 bits per heavy atom. The molecule has 1 amide bonds. The third-order valence-electron chi connectivity index (χ3n) is 21.5. The first kappa shape index (κ1) is 98.4. The Bertz CT molecular complexity index is 2210. The van der Waals surface area contributed by atoms with Gasteiger partial charge in [0.15, 0.2) is 18.9 Å². The molecule has 0 aromatic heterocycles. The highest BCUT2D eigenvalue weighted by Crippen LogP contribution is 2.33. The second-order valence-electron chi connectivity index (χ2n) is 31.0. The van der Waals surface area contributed by atoms with Crippen LogP contribution in [-0.4, -0.2) is 193 Å². The Labute approximate surface area is 648 Å². The molecule has 12 N–H and O–H groups in total. The number of allylic oxidation sites excluding steroid dienone is 11. The minimum Gasteiger partial charge on any atom is -0.394 e. The van der Waals surface area contributed by atoms with Gasteiger partial charge in [0.05, 0.1) is 38.6 Å². The van der Waals surface area contributed by atoms with Crippen molar-refractivity contribution in [2.24, 2.45) is 0 Å². The molecular formula is C88H159NO18. The van der Waals surface area contributed by atoms with Gasteiger partial charge in [-0.25, -0.2) is 0 Å². The molecule has 19 nitrogen and oxygen atoms in total. The predicted molar refractivity (Wildman–Crippen MR) is 429 cm³/mol. The average Bonchev–Trinajstić information content (AvgIpc) is 0.780. The number of ether oxygens (including phenoxy) is 6. The van der Waals surface area contributed by atoms with Crippen molar-refractivity contribution in [2.45, 2.75) is 452 Å². The summed E-state index contributed by atoms with van der Waals surface area (Å²) in [4.78, 5) is 13.5. The van der Waals surface area contributed by atoms with Crippen molar-refractivity contribution in [3.05, 3.63) is 72.9 Å². The van der Waals surface area contributed by atoms with Gasteiger partial charge in [-0.1, -0.05) is 350 Å². The molecule has 3 aliphatic rings. The summed E-state index contributed by atoms with van der Waals surface area (Å²) in [5.74, 6) is -0.273. The number of unbranched alkanes of at least 4 members (excludes halogenated alkanes) is 44. The van der Waals surface area contributed by atoms with E-state index >= 15 is 0 Å². The highest BCUT2D eigenvalue weighted by atomic mass is 16.8. The van der Waals surface area contributed by atoms with Gasteiger partial charge in [0, 0.05) is 6.42 Å². The molecule has 0 aliphatic carbocycles. The van der Waals surface area contributed by atoms with Crippen molar-refractivity contribution in [1.29, 1.82) is 0 Å². The van der Waals surface area contributed by atoms with E-state index in [4.69, 9.17) is 28.4 Å². The molecule has 0 bridgehead atoms. The second kappa shape index (κ2) is 67.7. The zero-order chi connectivity index (χ0) is 77.4. The number of aliphatic hydroxyl groups excluding tert-OH is 11. The summed E-state index contributed by atoms with van der Waals surface area (Å²) < 4.78 is 34.5. The number of hydrogen-bond donors (Lipinski definition) is 12. The lowest BCUT2D eigenvalue weighted by molar-refractivity contribution is -0.379. The lowest BCUT2D eigenvalue weighted by Crippen LogP contribution is -2.66. The summed E-state index contributed by atoms with van der Waals surface area (Å²) in [7, 11) is 0. The van der Waals surface area contributed by atoms with E-state index < -0.39 is 124 Å². The number of hydrogen-bond acceptors (Lipinski definition) is 18. The van der Waals surface area contributed by atoms with Gasteiger partial charge in [-0.2, -0.15) is 0 Å². The van der Waals surface area contributed by atoms with Crippen LogP contribution in [0.3, 0.4) is 0 Å². The number of rotatable bonds is 70. The quantitative estimate of drug-likeness (QED) is 0.0199. The Hall–Kier alpha value is -2.77. The summed E-state index contributed by atoms with van der Waals surface area (Å²) in [6.07, 6.45) is 63.2. The normalized spacial score (nSPS) is 25.9. The maximum atomic E-state index is 13.5. The maximum absolute atomic E-state index is 13.5. The molecular weight excluding hydrogens is 1360 g/mol. The zero-order valence-electron chi connectivity index (χ0n) is 67.1.